The number of carbonyl (C=O) groups excluding carboxylic acids is 1. The molecular weight excluding hydrogens is 370 g/mol. The van der Waals surface area contributed by atoms with Gasteiger partial charge >= 0.3 is 5.97 Å². The maximum Gasteiger partial charge on any atom is 0.367 e. The molecule has 0 heterocycles. The van der Waals surface area contributed by atoms with E-state index in [9.17, 15) is 9.00 Å². The van der Waals surface area contributed by atoms with E-state index in [0.29, 0.717) is 0 Å². The van der Waals surface area contributed by atoms with Gasteiger partial charge in [0.1, 0.15) is 9.80 Å². The van der Waals surface area contributed by atoms with Crippen LogP contribution in [0.15, 0.2) is 58.6 Å². The molecule has 0 aliphatic carbocycles. The van der Waals surface area contributed by atoms with Crippen LogP contribution < -0.4 is 0 Å². The van der Waals surface area contributed by atoms with Gasteiger partial charge < -0.3 is 9.02 Å². The van der Waals surface area contributed by atoms with Crippen LogP contribution in [0.25, 0.3) is 0 Å². The Labute approximate surface area is 158 Å². The molecule has 0 saturated heterocycles. The molecule has 0 saturated carbocycles. The zero-order valence-corrected chi connectivity index (χ0v) is 16.6. The van der Waals surface area contributed by atoms with Gasteiger partial charge in [0.2, 0.25) is 5.04 Å². The lowest BCUT2D eigenvalue weighted by atomic mass is 10.1. The highest BCUT2D eigenvalue weighted by Crippen LogP contribution is 2.22. The highest BCUT2D eigenvalue weighted by atomic mass is 32.2. The maximum absolute atomic E-state index is 12.6. The number of thioether (sulfide) groups is 1. The summed E-state index contributed by atoms with van der Waals surface area (Å²) in [6, 6.07) is 15.1. The molecule has 0 bridgehead atoms. The molecule has 0 N–H and O–H groups in total. The van der Waals surface area contributed by atoms with Gasteiger partial charge in [0.05, 0.1) is 12.9 Å². The molecule has 0 aromatic heterocycles. The summed E-state index contributed by atoms with van der Waals surface area (Å²) in [6.07, 6.45) is 0. The Morgan fingerprint density at radius 1 is 1.15 bits per heavy atom. The summed E-state index contributed by atoms with van der Waals surface area (Å²) in [7, 11) is -1.75. The van der Waals surface area contributed by atoms with Crippen LogP contribution in [0.1, 0.15) is 16.7 Å². The number of carbonyl (C=O) groups is 1. The zero-order chi connectivity index (χ0) is 19.2. The molecule has 0 aliphatic rings. The Morgan fingerprint density at radius 3 is 2.42 bits per heavy atom. The van der Waals surface area contributed by atoms with Gasteiger partial charge in [-0.2, -0.15) is 0 Å². The van der Waals surface area contributed by atoms with Gasteiger partial charge in [-0.3, -0.25) is 0 Å². The summed E-state index contributed by atoms with van der Waals surface area (Å²) in [5.41, 5.74) is 2.94. The first-order chi connectivity index (χ1) is 12.3. The van der Waals surface area contributed by atoms with Gasteiger partial charge in [-0.05, 0) is 43.0 Å². The topological polar surface area (TPSA) is 65.0 Å². The molecule has 2 aromatic rings. The summed E-state index contributed by atoms with van der Waals surface area (Å²) in [6.45, 7) is 3.89. The van der Waals surface area contributed by atoms with Crippen molar-refractivity contribution in [3.05, 3.63) is 65.2 Å². The monoisotopic (exact) mass is 391 g/mol. The number of hydrogen-bond acceptors (Lipinski definition) is 6. The molecule has 2 rings (SSSR count). The number of oxime groups is 1. The van der Waals surface area contributed by atoms with Crippen LogP contribution in [-0.4, -0.2) is 28.2 Å². The third-order valence-electron chi connectivity index (χ3n) is 3.49. The summed E-state index contributed by atoms with van der Waals surface area (Å²) in [5, 5.41) is 3.73. The number of aryl methyl sites for hydroxylation is 2. The number of methoxy groups -OCH3 is 1. The van der Waals surface area contributed by atoms with Crippen LogP contribution in [0.4, 0.5) is 0 Å². The SMILES string of the molecule is C=S(=O)(Cc1ccccc1C)O/N=C(\Sc1ccc(C)cc1)C(=O)OC. The molecule has 1 atom stereocenters. The van der Waals surface area contributed by atoms with Crippen LogP contribution in [0.3, 0.4) is 0 Å². The quantitative estimate of drug-likeness (QED) is 0.194. The fourth-order valence-corrected chi connectivity index (χ4v) is 3.88. The normalized spacial score (nSPS) is 13.7. The summed E-state index contributed by atoms with van der Waals surface area (Å²) >= 11 is 1.08. The Hall–Kier alpha value is -2.25. The lowest BCUT2D eigenvalue weighted by Gasteiger charge is -2.10. The van der Waals surface area contributed by atoms with Gasteiger partial charge in [-0.1, -0.05) is 58.9 Å². The van der Waals surface area contributed by atoms with Crippen LogP contribution in [0.2, 0.25) is 0 Å². The first kappa shape index (κ1) is 20.1. The molecule has 0 amide bonds. The minimum Gasteiger partial charge on any atom is -0.464 e. The van der Waals surface area contributed by atoms with Crippen molar-refractivity contribution >= 4 is 38.4 Å². The van der Waals surface area contributed by atoms with Crippen molar-refractivity contribution < 1.29 is 18.0 Å². The Morgan fingerprint density at radius 2 is 1.81 bits per heavy atom. The van der Waals surface area contributed by atoms with Crippen molar-refractivity contribution in [2.24, 2.45) is 5.16 Å². The largest absolute Gasteiger partial charge is 0.464 e. The van der Waals surface area contributed by atoms with E-state index >= 15 is 0 Å². The highest BCUT2D eigenvalue weighted by molar-refractivity contribution is 8.15. The van der Waals surface area contributed by atoms with Crippen molar-refractivity contribution in [3.8, 4) is 0 Å². The molecule has 26 heavy (non-hydrogen) atoms. The second-order valence-electron chi connectivity index (χ2n) is 5.69. The molecule has 7 heteroatoms. The second-order valence-corrected chi connectivity index (χ2v) is 8.68. The van der Waals surface area contributed by atoms with E-state index in [1.165, 1.54) is 7.11 Å². The van der Waals surface area contributed by atoms with Crippen molar-refractivity contribution in [1.29, 1.82) is 0 Å². The van der Waals surface area contributed by atoms with Crippen LogP contribution in [0.5, 0.6) is 0 Å². The molecule has 0 aliphatic heterocycles. The number of rotatable bonds is 5. The van der Waals surface area contributed by atoms with E-state index in [1.54, 1.807) is 0 Å². The average Bonchev–Trinajstić information content (AvgIpc) is 2.61. The van der Waals surface area contributed by atoms with E-state index < -0.39 is 15.8 Å². The molecule has 138 valence electrons. The average molecular weight is 392 g/mol. The first-order valence-electron chi connectivity index (χ1n) is 7.79. The minimum atomic E-state index is -3.00. The number of ether oxygens (including phenoxy) is 1. The number of benzene rings is 2. The molecule has 0 radical (unpaired) electrons. The summed E-state index contributed by atoms with van der Waals surface area (Å²) in [4.78, 5) is 12.7. The molecule has 0 fully saturated rings. The number of nitrogens with zero attached hydrogens (tertiary/aromatic N) is 1. The molecule has 2 aromatic carbocycles. The Bertz CT molecular complexity index is 903. The van der Waals surface area contributed by atoms with Gasteiger partial charge in [-0.15, -0.1) is 0 Å². The number of hydrogen-bond donors (Lipinski definition) is 0. The molecule has 0 spiro atoms. The fraction of sp³-hybridized carbons (Fsp3) is 0.211. The van der Waals surface area contributed by atoms with Crippen molar-refractivity contribution in [2.75, 3.05) is 7.11 Å². The zero-order valence-electron chi connectivity index (χ0n) is 14.9. The summed E-state index contributed by atoms with van der Waals surface area (Å²) in [5.74, 6) is 3.06. The van der Waals surface area contributed by atoms with Crippen LogP contribution in [-0.2, 0) is 29.4 Å². The van der Waals surface area contributed by atoms with Crippen molar-refractivity contribution in [3.63, 3.8) is 0 Å². The van der Waals surface area contributed by atoms with E-state index in [1.807, 2.05) is 62.4 Å². The maximum atomic E-state index is 12.6. The van der Waals surface area contributed by atoms with Crippen LogP contribution >= 0.6 is 11.8 Å². The van der Waals surface area contributed by atoms with Gasteiger partial charge in [-0.25, -0.2) is 9.00 Å². The third-order valence-corrected chi connectivity index (χ3v) is 5.53. The highest BCUT2D eigenvalue weighted by Gasteiger charge is 2.17. The minimum absolute atomic E-state index is 0.0440. The Balaban J connectivity index is 2.17. The van der Waals surface area contributed by atoms with Crippen molar-refractivity contribution in [1.82, 2.24) is 0 Å². The third kappa shape index (κ3) is 5.93. The standard InChI is InChI=1S/C19H21NO4S2/c1-14-9-11-17(12-10-14)25-18(19(21)23-3)20-24-26(4,22)13-16-8-6-5-7-15(16)2/h5-12H,4,13H2,1-3H3/b20-18-. The van der Waals surface area contributed by atoms with E-state index in [-0.39, 0.29) is 10.8 Å². The van der Waals surface area contributed by atoms with E-state index in [4.69, 9.17) is 9.02 Å². The predicted molar refractivity (Wildman–Crippen MR) is 108 cm³/mol. The lowest BCUT2D eigenvalue weighted by Crippen LogP contribution is -2.15. The lowest BCUT2D eigenvalue weighted by molar-refractivity contribution is -0.132. The van der Waals surface area contributed by atoms with Gasteiger partial charge in [0, 0.05) is 4.90 Å². The molecule has 5 nitrogen and oxygen atoms in total. The fourth-order valence-electron chi connectivity index (χ4n) is 2.04. The van der Waals surface area contributed by atoms with Crippen molar-refractivity contribution in [2.45, 2.75) is 24.5 Å². The predicted octanol–water partition coefficient (Wildman–Crippen LogP) is 3.73. The van der Waals surface area contributed by atoms with Gasteiger partial charge in [0.15, 0.2) is 0 Å². The van der Waals surface area contributed by atoms with E-state index in [0.717, 1.165) is 33.3 Å². The second kappa shape index (κ2) is 8.91. The van der Waals surface area contributed by atoms with Crippen LogP contribution in [0, 0.1) is 13.8 Å². The Kier molecular flexibility index (Phi) is 6.88. The van der Waals surface area contributed by atoms with Gasteiger partial charge in [0.25, 0.3) is 0 Å². The smallest absolute Gasteiger partial charge is 0.367 e. The first-order valence-corrected chi connectivity index (χ1v) is 10.4. The summed E-state index contributed by atoms with van der Waals surface area (Å²) < 4.78 is 22.5. The van der Waals surface area contributed by atoms with E-state index in [2.05, 4.69) is 11.0 Å². The molecular formula is C19H21NO4S2. The molecule has 1 unspecified atom stereocenters. The number of esters is 1.